The molecule has 0 aliphatic heterocycles. The van der Waals surface area contributed by atoms with Crippen LogP contribution >= 0.6 is 0 Å². The van der Waals surface area contributed by atoms with E-state index in [1.807, 2.05) is 6.82 Å². The Balaban J connectivity index is 3.04. The van der Waals surface area contributed by atoms with Crippen molar-refractivity contribution in [1.82, 2.24) is 0 Å². The summed E-state index contributed by atoms with van der Waals surface area (Å²) in [6.45, 7) is 3.59. The number of halogens is 2. The maximum absolute atomic E-state index is 12.8. The Labute approximate surface area is 71.8 Å². The molecule has 1 rings (SSSR count). The third kappa shape index (κ3) is 1.84. The molecule has 0 fully saturated rings. The van der Waals surface area contributed by atoms with Gasteiger partial charge in [0.1, 0.15) is 7.28 Å². The maximum atomic E-state index is 12.8. The highest BCUT2D eigenvalue weighted by Gasteiger charge is 2.06. The van der Waals surface area contributed by atoms with Crippen molar-refractivity contribution in [1.29, 1.82) is 0 Å². The molecule has 12 heavy (non-hydrogen) atoms. The van der Waals surface area contributed by atoms with Crippen molar-refractivity contribution < 1.29 is 8.78 Å². The highest BCUT2D eigenvalue weighted by molar-refractivity contribution is 6.32. The first kappa shape index (κ1) is 9.23. The summed E-state index contributed by atoms with van der Waals surface area (Å²) < 4.78 is 25.6. The third-order valence-electron chi connectivity index (χ3n) is 1.81. The summed E-state index contributed by atoms with van der Waals surface area (Å²) in [6.07, 6.45) is 0.804. The van der Waals surface area contributed by atoms with Crippen LogP contribution in [0.4, 0.5) is 8.78 Å². The molecule has 1 aromatic carbocycles. The molecule has 0 spiro atoms. The molecule has 0 N–H and O–H groups in total. The third-order valence-corrected chi connectivity index (χ3v) is 1.81. The Morgan fingerprint density at radius 1 is 1.33 bits per heavy atom. The minimum Gasteiger partial charge on any atom is -0.204 e. The number of aryl methyl sites for hydroxylation is 1. The van der Waals surface area contributed by atoms with Crippen molar-refractivity contribution in [2.24, 2.45) is 0 Å². The first-order chi connectivity index (χ1) is 5.65. The van der Waals surface area contributed by atoms with Gasteiger partial charge in [0, 0.05) is 0 Å². The van der Waals surface area contributed by atoms with Crippen LogP contribution in [-0.4, -0.2) is 7.28 Å². The van der Waals surface area contributed by atoms with Crippen molar-refractivity contribution in [2.75, 3.05) is 0 Å². The van der Waals surface area contributed by atoms with Gasteiger partial charge < -0.3 is 0 Å². The molecule has 0 unspecified atom stereocenters. The fourth-order valence-corrected chi connectivity index (χ4v) is 1.23. The van der Waals surface area contributed by atoms with Gasteiger partial charge in [-0.05, 0) is 18.6 Å². The van der Waals surface area contributed by atoms with Gasteiger partial charge >= 0.3 is 0 Å². The quantitative estimate of drug-likeness (QED) is 0.594. The van der Waals surface area contributed by atoms with Crippen LogP contribution in [0.3, 0.4) is 0 Å². The van der Waals surface area contributed by atoms with Gasteiger partial charge in [-0.1, -0.05) is 24.8 Å². The Morgan fingerprint density at radius 2 is 2.00 bits per heavy atom. The fourth-order valence-electron chi connectivity index (χ4n) is 1.23. The molecule has 64 valence electrons. The van der Waals surface area contributed by atoms with E-state index in [0.29, 0.717) is 5.56 Å². The summed E-state index contributed by atoms with van der Waals surface area (Å²) in [7, 11) is 0.949. The molecule has 0 aliphatic carbocycles. The lowest BCUT2D eigenvalue weighted by Gasteiger charge is -2.02. The second-order valence-corrected chi connectivity index (χ2v) is 2.96. The van der Waals surface area contributed by atoms with Crippen molar-refractivity contribution in [3.05, 3.63) is 34.9 Å². The van der Waals surface area contributed by atoms with Crippen LogP contribution < -0.4 is 0 Å². The highest BCUT2D eigenvalue weighted by Crippen LogP contribution is 2.13. The van der Waals surface area contributed by atoms with Gasteiger partial charge in [0.15, 0.2) is 11.6 Å². The number of benzene rings is 1. The van der Waals surface area contributed by atoms with Crippen LogP contribution in [0.1, 0.15) is 11.1 Å². The molecular formula is C9H11BF2. The largest absolute Gasteiger partial charge is 0.204 e. The van der Waals surface area contributed by atoms with Gasteiger partial charge in [0.2, 0.25) is 0 Å². The molecule has 0 aliphatic rings. The lowest BCUT2D eigenvalue weighted by molar-refractivity contribution is 0.502. The normalized spacial score (nSPS) is 10.0. The summed E-state index contributed by atoms with van der Waals surface area (Å²) in [5.74, 6) is -1.46. The smallest absolute Gasteiger partial charge is 0.161 e. The van der Waals surface area contributed by atoms with Gasteiger partial charge in [-0.2, -0.15) is 0 Å². The standard InChI is InChI=1S/C9H11BF2/c1-6-3-7(5-10-2)4-8(11)9(6)12/h3-4,10H,5H2,1-2H3. The van der Waals surface area contributed by atoms with Crippen LogP contribution in [0.2, 0.25) is 6.82 Å². The first-order valence-electron chi connectivity index (χ1n) is 4.09. The summed E-state index contributed by atoms with van der Waals surface area (Å²) in [5.41, 5.74) is 1.26. The molecule has 0 heterocycles. The van der Waals surface area contributed by atoms with E-state index < -0.39 is 11.6 Å². The van der Waals surface area contributed by atoms with Crippen molar-refractivity contribution in [3.63, 3.8) is 0 Å². The van der Waals surface area contributed by atoms with Crippen molar-refractivity contribution >= 4 is 7.28 Å². The van der Waals surface area contributed by atoms with E-state index in [1.165, 1.54) is 6.07 Å². The number of rotatable bonds is 2. The zero-order valence-corrected chi connectivity index (χ0v) is 7.32. The summed E-state index contributed by atoms with van der Waals surface area (Å²) >= 11 is 0. The van der Waals surface area contributed by atoms with Crippen LogP contribution in [0, 0.1) is 18.6 Å². The predicted octanol–water partition coefficient (Wildman–Crippen LogP) is 2.26. The van der Waals surface area contributed by atoms with E-state index in [0.717, 1.165) is 19.2 Å². The second kappa shape index (κ2) is 3.70. The minimum atomic E-state index is -0.738. The molecule has 0 saturated carbocycles. The Bertz CT molecular complexity index is 261. The van der Waals surface area contributed by atoms with E-state index in [-0.39, 0.29) is 0 Å². The molecule has 0 amide bonds. The van der Waals surface area contributed by atoms with Crippen LogP contribution in [0.15, 0.2) is 12.1 Å². The first-order valence-corrected chi connectivity index (χ1v) is 4.09. The van der Waals surface area contributed by atoms with E-state index in [1.54, 1.807) is 13.0 Å². The molecule has 0 saturated heterocycles. The average molecular weight is 168 g/mol. The number of hydrogen-bond acceptors (Lipinski definition) is 0. The molecule has 0 atom stereocenters. The molecule has 0 nitrogen and oxygen atoms in total. The Kier molecular flexibility index (Phi) is 2.85. The van der Waals surface area contributed by atoms with E-state index in [9.17, 15) is 8.78 Å². The topological polar surface area (TPSA) is 0 Å². The monoisotopic (exact) mass is 168 g/mol. The van der Waals surface area contributed by atoms with Gasteiger partial charge in [-0.15, -0.1) is 0 Å². The summed E-state index contributed by atoms with van der Waals surface area (Å²) in [5, 5.41) is 0. The van der Waals surface area contributed by atoms with Gasteiger partial charge in [-0.3, -0.25) is 0 Å². The predicted molar refractivity (Wildman–Crippen MR) is 47.8 cm³/mol. The van der Waals surface area contributed by atoms with Gasteiger partial charge in [-0.25, -0.2) is 8.78 Å². The molecule has 0 bridgehead atoms. The zero-order valence-electron chi connectivity index (χ0n) is 7.32. The zero-order chi connectivity index (χ0) is 9.14. The fraction of sp³-hybridized carbons (Fsp3) is 0.333. The lowest BCUT2D eigenvalue weighted by Crippen LogP contribution is -1.96. The molecule has 0 aromatic heterocycles. The average Bonchev–Trinajstić information content (AvgIpc) is 2.01. The second-order valence-electron chi connectivity index (χ2n) is 2.96. The molecule has 3 heteroatoms. The highest BCUT2D eigenvalue weighted by atomic mass is 19.2. The van der Waals surface area contributed by atoms with Gasteiger partial charge in [0.05, 0.1) is 0 Å². The van der Waals surface area contributed by atoms with E-state index >= 15 is 0 Å². The maximum Gasteiger partial charge on any atom is 0.161 e. The van der Waals surface area contributed by atoms with E-state index in [4.69, 9.17) is 0 Å². The number of hydrogen-bond donors (Lipinski definition) is 0. The van der Waals surface area contributed by atoms with Gasteiger partial charge in [0.25, 0.3) is 0 Å². The molecule has 1 aromatic rings. The van der Waals surface area contributed by atoms with Crippen LogP contribution in [-0.2, 0) is 6.32 Å². The minimum absolute atomic E-state index is 0.387. The Morgan fingerprint density at radius 3 is 2.50 bits per heavy atom. The van der Waals surface area contributed by atoms with E-state index in [2.05, 4.69) is 0 Å². The van der Waals surface area contributed by atoms with Crippen molar-refractivity contribution in [3.8, 4) is 0 Å². The Hall–Kier alpha value is -0.855. The molecule has 0 radical (unpaired) electrons. The summed E-state index contributed by atoms with van der Waals surface area (Å²) in [4.78, 5) is 0. The van der Waals surface area contributed by atoms with Crippen LogP contribution in [0.25, 0.3) is 0 Å². The summed E-state index contributed by atoms with van der Waals surface area (Å²) in [6, 6.07) is 2.97. The van der Waals surface area contributed by atoms with Crippen LogP contribution in [0.5, 0.6) is 0 Å². The molecular weight excluding hydrogens is 157 g/mol. The SMILES string of the molecule is CBCc1cc(C)c(F)c(F)c1. The lowest BCUT2D eigenvalue weighted by atomic mass is 9.75. The van der Waals surface area contributed by atoms with Crippen molar-refractivity contribution in [2.45, 2.75) is 20.1 Å².